The van der Waals surface area contributed by atoms with Crippen LogP contribution in [0.15, 0.2) is 29.4 Å². The quantitative estimate of drug-likeness (QED) is 0.489. The number of aromatic amines is 1. The van der Waals surface area contributed by atoms with Crippen molar-refractivity contribution in [3.8, 4) is 0 Å². The van der Waals surface area contributed by atoms with Crippen LogP contribution in [0.25, 0.3) is 11.0 Å². The summed E-state index contributed by atoms with van der Waals surface area (Å²) in [7, 11) is 0. The molecule has 11 heavy (non-hydrogen) atoms. The summed E-state index contributed by atoms with van der Waals surface area (Å²) in [6.07, 6.45) is 0. The zero-order valence-corrected chi connectivity index (χ0v) is 8.22. The summed E-state index contributed by atoms with van der Waals surface area (Å²) in [5.74, 6) is 0. The fourth-order valence-corrected chi connectivity index (χ4v) is 1.70. The van der Waals surface area contributed by atoms with E-state index in [0.717, 1.165) is 16.2 Å². The fourth-order valence-electron chi connectivity index (χ4n) is 1.04. The topological polar surface area (TPSA) is 19.7 Å². The number of H-pyrrole nitrogens is 1. The van der Waals surface area contributed by atoms with E-state index in [1.807, 2.05) is 27.8 Å². The molecule has 0 saturated heterocycles. The van der Waals surface area contributed by atoms with Crippen LogP contribution in [0, 0.1) is 0 Å². The molecule has 1 N–H and O–H groups in total. The minimum absolute atomic E-state index is 0.825. The molecule has 2 rings (SSSR count). The number of nitrogens with one attached hydrogen (secondary N) is 1. The molecule has 0 atom stereocenters. The first-order valence-corrected chi connectivity index (χ1v) is 4.39. The van der Waals surface area contributed by atoms with Gasteiger partial charge in [0.15, 0.2) is 0 Å². The number of para-hydroxylation sites is 2. The second-order valence-corrected chi connectivity index (χ2v) is 3.45. The van der Waals surface area contributed by atoms with Crippen LogP contribution in [0.1, 0.15) is 0 Å². The van der Waals surface area contributed by atoms with Crippen LogP contribution in [-0.2, 0) is 0 Å². The summed E-state index contributed by atoms with van der Waals surface area (Å²) in [6.45, 7) is 0. The molecule has 2 nitrogen and oxygen atoms in total. The summed E-state index contributed by atoms with van der Waals surface area (Å²) in [5, 5.41) is 0.825. The van der Waals surface area contributed by atoms with Crippen molar-refractivity contribution < 1.29 is 3.58 Å². The number of hydrogen-bond donors (Lipinski definition) is 2. The van der Waals surface area contributed by atoms with Crippen LogP contribution in [0.5, 0.6) is 0 Å². The van der Waals surface area contributed by atoms with Gasteiger partial charge in [0.1, 0.15) is 0 Å². The second kappa shape index (κ2) is 2.55. The average Bonchev–Trinajstić information content (AvgIpc) is 2.30. The van der Waals surface area contributed by atoms with E-state index in [9.17, 15) is 0 Å². The van der Waals surface area contributed by atoms with E-state index in [1.54, 1.807) is 0 Å². The van der Waals surface area contributed by atoms with E-state index in [1.165, 1.54) is 0 Å². The van der Waals surface area contributed by atoms with Crippen LogP contribution in [0.4, 0.5) is 0 Å². The maximum atomic E-state index is 4.23. The molecule has 0 radical (unpaired) electrons. The van der Waals surface area contributed by atoms with E-state index in [4.69, 9.17) is 0 Å². The van der Waals surface area contributed by atoms with Crippen molar-refractivity contribution in [1.29, 1.82) is 0 Å². The summed E-state index contributed by atoms with van der Waals surface area (Å²) < 4.78 is 1.89. The van der Waals surface area contributed by atoms with Crippen molar-refractivity contribution in [3.63, 3.8) is 0 Å². The Morgan fingerprint density at radius 2 is 2.09 bits per heavy atom. The molecule has 0 fully saturated rings. The average molecular weight is 229 g/mol. The Hall–Kier alpha value is -0.441. The van der Waals surface area contributed by atoms with Crippen molar-refractivity contribution in [2.45, 2.75) is 5.16 Å². The van der Waals surface area contributed by atoms with Gasteiger partial charge in [-0.15, -0.1) is 0 Å². The van der Waals surface area contributed by atoms with Crippen molar-refractivity contribution >= 4 is 39.9 Å². The molecule has 1 aromatic carbocycles. The Kier molecular flexibility index (Phi) is 1.68. The molecule has 56 valence electrons. The molecule has 1 heterocycles. The third-order valence-corrected chi connectivity index (χ3v) is 2.97. The van der Waals surface area contributed by atoms with Gasteiger partial charge in [0.25, 0.3) is 0 Å². The van der Waals surface area contributed by atoms with Gasteiger partial charge in [-0.2, -0.15) is 0 Å². The van der Waals surface area contributed by atoms with Gasteiger partial charge < -0.3 is 0 Å². The van der Waals surface area contributed by atoms with Gasteiger partial charge in [-0.25, -0.2) is 0 Å². The Morgan fingerprint density at radius 3 is 2.82 bits per heavy atom. The van der Waals surface area contributed by atoms with E-state index in [-0.39, 0.29) is 0 Å². The Bertz CT molecular complexity index is 396. The number of thiol groups is 1. The molecule has 0 aliphatic heterocycles. The molecule has 0 unspecified atom stereocenters. The molecule has 0 spiro atoms. The van der Waals surface area contributed by atoms with Gasteiger partial charge in [-0.05, 0) is 0 Å². The SMILES string of the molecule is Sc1[nH]c2ccccc2[n+]1[Se-]. The van der Waals surface area contributed by atoms with E-state index in [2.05, 4.69) is 33.8 Å². The third kappa shape index (κ3) is 1.07. The van der Waals surface area contributed by atoms with Crippen LogP contribution in [0.3, 0.4) is 0 Å². The number of hydrogen-bond acceptors (Lipinski definition) is 1. The summed E-state index contributed by atoms with van der Waals surface area (Å²) in [5.41, 5.74) is 2.22. The van der Waals surface area contributed by atoms with Crippen molar-refractivity contribution in [2.75, 3.05) is 0 Å². The number of imidazole rings is 1. The molecular formula is C7H6N2SSe. The van der Waals surface area contributed by atoms with Crippen molar-refractivity contribution in [2.24, 2.45) is 0 Å². The molecule has 0 bridgehead atoms. The zero-order chi connectivity index (χ0) is 7.84. The molecule has 2 aromatic rings. The first-order valence-electron chi connectivity index (χ1n) is 3.18. The van der Waals surface area contributed by atoms with Gasteiger partial charge >= 0.3 is 77.9 Å². The van der Waals surface area contributed by atoms with Crippen LogP contribution in [-0.4, -0.2) is 21.2 Å². The van der Waals surface area contributed by atoms with Crippen LogP contribution in [0.2, 0.25) is 0 Å². The number of benzene rings is 1. The number of fused-ring (bicyclic) bond motifs is 1. The Morgan fingerprint density at radius 1 is 1.36 bits per heavy atom. The standard InChI is InChI=1S/C7H6N2SSe/c10-7-8-5-3-1-2-4-6(5)9(7)11/h1-4,8,10H. The molecule has 0 aliphatic carbocycles. The summed E-state index contributed by atoms with van der Waals surface area (Å²) in [4.78, 5) is 3.12. The number of rotatable bonds is 0. The molecule has 4 heteroatoms. The predicted octanol–water partition coefficient (Wildman–Crippen LogP) is 0.676. The van der Waals surface area contributed by atoms with E-state index in [0.29, 0.717) is 0 Å². The van der Waals surface area contributed by atoms with E-state index >= 15 is 0 Å². The zero-order valence-electron chi connectivity index (χ0n) is 5.61. The third-order valence-electron chi connectivity index (χ3n) is 1.56. The van der Waals surface area contributed by atoms with Crippen LogP contribution < -0.4 is 3.58 Å². The maximum absolute atomic E-state index is 4.23. The van der Waals surface area contributed by atoms with Gasteiger partial charge in [0, 0.05) is 0 Å². The van der Waals surface area contributed by atoms with Crippen molar-refractivity contribution in [3.05, 3.63) is 24.3 Å². The normalized spacial score (nSPS) is 10.6. The first-order chi connectivity index (χ1) is 5.29. The Balaban J connectivity index is 2.92. The molecule has 1 aromatic heterocycles. The monoisotopic (exact) mass is 230 g/mol. The number of aromatic nitrogens is 2. The molecule has 0 amide bonds. The van der Waals surface area contributed by atoms with Crippen molar-refractivity contribution in [1.82, 2.24) is 4.98 Å². The molecule has 0 aliphatic rings. The van der Waals surface area contributed by atoms with Gasteiger partial charge in [-0.3, -0.25) is 0 Å². The minimum atomic E-state index is 0.825. The van der Waals surface area contributed by atoms with Gasteiger partial charge in [0.05, 0.1) is 0 Å². The van der Waals surface area contributed by atoms with E-state index < -0.39 is 0 Å². The fraction of sp³-hybridized carbons (Fsp3) is 0. The van der Waals surface area contributed by atoms with Crippen LogP contribution >= 0.6 is 12.6 Å². The summed E-state index contributed by atoms with van der Waals surface area (Å²) >= 11 is 7.13. The summed E-state index contributed by atoms with van der Waals surface area (Å²) in [6, 6.07) is 8.04. The van der Waals surface area contributed by atoms with Gasteiger partial charge in [0.2, 0.25) is 0 Å². The Labute approximate surface area is 78.1 Å². The predicted molar refractivity (Wildman–Crippen MR) is 46.9 cm³/mol. The number of nitrogens with zero attached hydrogens (tertiary/aromatic N) is 1. The second-order valence-electron chi connectivity index (χ2n) is 2.26. The first kappa shape index (κ1) is 7.22. The molecule has 0 saturated carbocycles. The van der Waals surface area contributed by atoms with Gasteiger partial charge in [-0.1, -0.05) is 0 Å². The molecular weight excluding hydrogens is 223 g/mol.